The number of sulfonamides is 1. The third-order valence-electron chi connectivity index (χ3n) is 4.43. The van der Waals surface area contributed by atoms with Crippen LogP contribution in [0.25, 0.3) is 0 Å². The Balaban J connectivity index is 1.64. The molecule has 0 aromatic heterocycles. The first-order valence-electron chi connectivity index (χ1n) is 8.45. The van der Waals surface area contributed by atoms with Gasteiger partial charge in [-0.25, -0.2) is 8.42 Å². The molecule has 0 unspecified atom stereocenters. The lowest BCUT2D eigenvalue weighted by Crippen LogP contribution is -2.41. The summed E-state index contributed by atoms with van der Waals surface area (Å²) < 4.78 is 37.9. The van der Waals surface area contributed by atoms with Crippen molar-refractivity contribution in [3.8, 4) is 11.5 Å². The summed E-state index contributed by atoms with van der Waals surface area (Å²) in [7, 11) is -2.18. The number of nitro groups is 1. The van der Waals surface area contributed by atoms with Crippen LogP contribution in [0.5, 0.6) is 11.5 Å². The van der Waals surface area contributed by atoms with E-state index >= 15 is 0 Å². The predicted molar refractivity (Wildman–Crippen MR) is 98.5 cm³/mol. The minimum Gasteiger partial charge on any atom is -0.497 e. The number of piperidine rings is 1. The molecule has 0 spiro atoms. The van der Waals surface area contributed by atoms with Gasteiger partial charge in [0.25, 0.3) is 5.69 Å². The molecular formula is C18H20N2O6S. The maximum Gasteiger partial charge on any atom is 0.270 e. The van der Waals surface area contributed by atoms with Crippen LogP contribution in [0.4, 0.5) is 5.69 Å². The van der Waals surface area contributed by atoms with Gasteiger partial charge in [0, 0.05) is 25.2 Å². The Morgan fingerprint density at radius 2 is 1.70 bits per heavy atom. The molecule has 8 nitrogen and oxygen atoms in total. The number of hydrogen-bond donors (Lipinski definition) is 0. The van der Waals surface area contributed by atoms with E-state index in [1.807, 2.05) is 12.1 Å². The van der Waals surface area contributed by atoms with E-state index in [1.165, 1.54) is 22.5 Å². The average molecular weight is 392 g/mol. The summed E-state index contributed by atoms with van der Waals surface area (Å²) in [6.45, 7) is 0.595. The highest BCUT2D eigenvalue weighted by molar-refractivity contribution is 7.89. The minimum absolute atomic E-state index is 0.0637. The fourth-order valence-corrected chi connectivity index (χ4v) is 4.45. The van der Waals surface area contributed by atoms with Crippen LogP contribution in [-0.2, 0) is 10.0 Å². The largest absolute Gasteiger partial charge is 0.497 e. The van der Waals surface area contributed by atoms with Gasteiger partial charge in [0.2, 0.25) is 10.0 Å². The summed E-state index contributed by atoms with van der Waals surface area (Å²) in [5, 5.41) is 10.9. The lowest BCUT2D eigenvalue weighted by Gasteiger charge is -2.31. The summed E-state index contributed by atoms with van der Waals surface area (Å²) in [6, 6.07) is 12.3. The number of nitro benzene ring substituents is 1. The van der Waals surface area contributed by atoms with Gasteiger partial charge in [-0.05, 0) is 43.2 Å². The highest BCUT2D eigenvalue weighted by atomic mass is 32.2. The Morgan fingerprint density at radius 3 is 2.30 bits per heavy atom. The second-order valence-electron chi connectivity index (χ2n) is 6.15. The minimum atomic E-state index is -3.77. The monoisotopic (exact) mass is 392 g/mol. The van der Waals surface area contributed by atoms with Crippen LogP contribution >= 0.6 is 0 Å². The second kappa shape index (κ2) is 7.93. The van der Waals surface area contributed by atoms with Crippen LogP contribution in [0.15, 0.2) is 53.4 Å². The highest BCUT2D eigenvalue weighted by Gasteiger charge is 2.31. The van der Waals surface area contributed by atoms with E-state index in [2.05, 4.69) is 0 Å². The number of rotatable bonds is 6. The van der Waals surface area contributed by atoms with Crippen molar-refractivity contribution in [3.63, 3.8) is 0 Å². The topological polar surface area (TPSA) is 99.0 Å². The van der Waals surface area contributed by atoms with Gasteiger partial charge in [0.05, 0.1) is 16.9 Å². The van der Waals surface area contributed by atoms with E-state index in [4.69, 9.17) is 9.47 Å². The molecule has 0 saturated carbocycles. The zero-order chi connectivity index (χ0) is 19.4. The zero-order valence-electron chi connectivity index (χ0n) is 14.8. The quantitative estimate of drug-likeness (QED) is 0.554. The van der Waals surface area contributed by atoms with Crippen LogP contribution in [0, 0.1) is 10.1 Å². The van der Waals surface area contributed by atoms with Crippen molar-refractivity contribution < 1.29 is 22.8 Å². The number of methoxy groups -OCH3 is 1. The Labute approximate surface area is 157 Å². The molecule has 0 N–H and O–H groups in total. The Bertz CT molecular complexity index is 906. The van der Waals surface area contributed by atoms with E-state index in [1.54, 1.807) is 19.2 Å². The predicted octanol–water partition coefficient (Wildman–Crippen LogP) is 2.84. The van der Waals surface area contributed by atoms with Crippen molar-refractivity contribution >= 4 is 15.7 Å². The molecule has 1 saturated heterocycles. The molecular weight excluding hydrogens is 372 g/mol. The van der Waals surface area contributed by atoms with E-state index in [9.17, 15) is 18.5 Å². The molecule has 1 aliphatic heterocycles. The Kier molecular flexibility index (Phi) is 5.62. The molecule has 0 radical (unpaired) electrons. The molecule has 0 aliphatic carbocycles. The fourth-order valence-electron chi connectivity index (χ4n) is 2.94. The molecule has 1 heterocycles. The average Bonchev–Trinajstić information content (AvgIpc) is 2.69. The molecule has 2 aromatic carbocycles. The van der Waals surface area contributed by atoms with Gasteiger partial charge >= 0.3 is 0 Å². The maximum absolute atomic E-state index is 12.7. The Morgan fingerprint density at radius 1 is 1.07 bits per heavy atom. The van der Waals surface area contributed by atoms with Crippen LogP contribution in [0.2, 0.25) is 0 Å². The molecule has 1 aliphatic rings. The van der Waals surface area contributed by atoms with Gasteiger partial charge in [0.15, 0.2) is 0 Å². The van der Waals surface area contributed by atoms with E-state index in [-0.39, 0.29) is 16.7 Å². The number of nitrogens with zero attached hydrogens (tertiary/aromatic N) is 2. The summed E-state index contributed by atoms with van der Waals surface area (Å²) in [5.41, 5.74) is -0.242. The van der Waals surface area contributed by atoms with Gasteiger partial charge in [-0.3, -0.25) is 10.1 Å². The van der Waals surface area contributed by atoms with Crippen LogP contribution < -0.4 is 9.47 Å². The molecule has 1 fully saturated rings. The van der Waals surface area contributed by atoms with Crippen LogP contribution in [0.1, 0.15) is 12.8 Å². The standard InChI is InChI=1S/C18H20N2O6S/c1-25-15-5-7-16(8-6-15)26-17-9-11-19(12-10-17)27(23,24)18-4-2-3-14(13-18)20(21)22/h2-8,13,17H,9-12H2,1H3. The van der Waals surface area contributed by atoms with Gasteiger partial charge in [-0.2, -0.15) is 4.31 Å². The van der Waals surface area contributed by atoms with Gasteiger partial charge < -0.3 is 9.47 Å². The lowest BCUT2D eigenvalue weighted by atomic mass is 10.1. The van der Waals surface area contributed by atoms with Crippen LogP contribution in [-0.4, -0.2) is 43.9 Å². The van der Waals surface area contributed by atoms with Crippen molar-refractivity contribution in [3.05, 3.63) is 58.6 Å². The number of non-ortho nitro benzene ring substituents is 1. The normalized spacial score (nSPS) is 16.0. The Hall–Kier alpha value is -2.65. The molecule has 0 atom stereocenters. The summed E-state index contributed by atoms with van der Waals surface area (Å²) in [5.74, 6) is 1.44. The number of hydrogen-bond acceptors (Lipinski definition) is 6. The van der Waals surface area contributed by atoms with Crippen molar-refractivity contribution in [2.45, 2.75) is 23.8 Å². The molecule has 144 valence electrons. The van der Waals surface area contributed by atoms with Crippen molar-refractivity contribution in [1.29, 1.82) is 0 Å². The first kappa shape index (κ1) is 19.1. The van der Waals surface area contributed by atoms with Crippen molar-refractivity contribution in [2.24, 2.45) is 0 Å². The molecule has 27 heavy (non-hydrogen) atoms. The first-order valence-corrected chi connectivity index (χ1v) is 9.89. The SMILES string of the molecule is COc1ccc(OC2CCN(S(=O)(=O)c3cccc([N+](=O)[O-])c3)CC2)cc1. The smallest absolute Gasteiger partial charge is 0.270 e. The lowest BCUT2D eigenvalue weighted by molar-refractivity contribution is -0.385. The number of ether oxygens (including phenoxy) is 2. The second-order valence-corrected chi connectivity index (χ2v) is 8.09. The van der Waals surface area contributed by atoms with Crippen molar-refractivity contribution in [1.82, 2.24) is 4.31 Å². The third kappa shape index (κ3) is 4.37. The summed E-state index contributed by atoms with van der Waals surface area (Å²) in [4.78, 5) is 10.2. The molecule has 2 aromatic rings. The zero-order valence-corrected chi connectivity index (χ0v) is 15.6. The fraction of sp³-hybridized carbons (Fsp3) is 0.333. The van der Waals surface area contributed by atoms with E-state index in [0.29, 0.717) is 31.7 Å². The molecule has 9 heteroatoms. The van der Waals surface area contributed by atoms with Gasteiger partial charge in [0.1, 0.15) is 17.6 Å². The van der Waals surface area contributed by atoms with Crippen molar-refractivity contribution in [2.75, 3.05) is 20.2 Å². The van der Waals surface area contributed by atoms with E-state index < -0.39 is 14.9 Å². The first-order chi connectivity index (χ1) is 12.9. The molecule has 0 amide bonds. The summed E-state index contributed by atoms with van der Waals surface area (Å²) in [6.07, 6.45) is 0.996. The summed E-state index contributed by atoms with van der Waals surface area (Å²) >= 11 is 0. The van der Waals surface area contributed by atoms with Gasteiger partial charge in [-0.15, -0.1) is 0 Å². The van der Waals surface area contributed by atoms with Crippen LogP contribution in [0.3, 0.4) is 0 Å². The molecule has 0 bridgehead atoms. The van der Waals surface area contributed by atoms with Gasteiger partial charge in [-0.1, -0.05) is 6.07 Å². The molecule has 3 rings (SSSR count). The maximum atomic E-state index is 12.7. The number of benzene rings is 2. The van der Waals surface area contributed by atoms with E-state index in [0.717, 1.165) is 11.8 Å². The third-order valence-corrected chi connectivity index (χ3v) is 6.32. The highest BCUT2D eigenvalue weighted by Crippen LogP contribution is 2.26.